The molecule has 0 radical (unpaired) electrons. The zero-order valence-corrected chi connectivity index (χ0v) is 18.9. The summed E-state index contributed by atoms with van der Waals surface area (Å²) < 4.78 is 3.24. The Labute approximate surface area is 166 Å². The Hall–Kier alpha value is -0.280. The minimum atomic E-state index is 0. The lowest BCUT2D eigenvalue weighted by molar-refractivity contribution is 0.329. The number of unbranched alkanes of at least 4 members (excludes halogenated alkanes) is 1. The average molecular weight is 500 g/mol. The number of aliphatic imine (C=N–C) groups is 1. The maximum atomic E-state index is 4.37. The number of likely N-dealkylation sites (N-methyl/N-ethyl adjacent to an activating group) is 1. The molecule has 0 aliphatic carbocycles. The van der Waals surface area contributed by atoms with Crippen LogP contribution >= 0.6 is 39.9 Å². The number of guanidine groups is 1. The summed E-state index contributed by atoms with van der Waals surface area (Å²) in [5, 5.41) is 3.44. The molecule has 0 aromatic carbocycles. The highest BCUT2D eigenvalue weighted by Crippen LogP contribution is 2.14. The topological polar surface area (TPSA) is 35.8 Å². The first-order valence-electron chi connectivity index (χ1n) is 7.89. The summed E-state index contributed by atoms with van der Waals surface area (Å²) in [6, 6.07) is 2.14. The quantitative estimate of drug-likeness (QED) is 0.339. The predicted molar refractivity (Wildman–Crippen MR) is 114 cm³/mol. The van der Waals surface area contributed by atoms with Crippen LogP contribution in [0.25, 0.3) is 0 Å². The van der Waals surface area contributed by atoms with Gasteiger partial charge < -0.3 is 19.7 Å². The lowest BCUT2D eigenvalue weighted by Gasteiger charge is -2.23. The molecule has 0 saturated heterocycles. The van der Waals surface area contributed by atoms with E-state index in [1.54, 1.807) is 0 Å². The van der Waals surface area contributed by atoms with Crippen molar-refractivity contribution >= 4 is 45.9 Å². The second-order valence-corrected chi connectivity index (χ2v) is 6.66. The van der Waals surface area contributed by atoms with Gasteiger partial charge in [0.1, 0.15) is 0 Å². The molecule has 0 aliphatic heterocycles. The molecule has 23 heavy (non-hydrogen) atoms. The molecule has 0 saturated carbocycles. The van der Waals surface area contributed by atoms with Crippen molar-refractivity contribution < 1.29 is 0 Å². The average Bonchev–Trinajstić information content (AvgIpc) is 2.79. The maximum absolute atomic E-state index is 4.37. The molecule has 134 valence electrons. The smallest absolute Gasteiger partial charge is 0.193 e. The number of aryl methyl sites for hydroxylation is 1. The van der Waals surface area contributed by atoms with Crippen molar-refractivity contribution in [3.05, 3.63) is 22.4 Å². The second-order valence-electron chi connectivity index (χ2n) is 5.75. The molecular formula is C16H31BrIN5. The molecule has 1 N–H and O–H groups in total. The zero-order chi connectivity index (χ0) is 16.5. The SMILES string of the molecule is CCCCN(C)CCNC(=NC)N(C)Cc1cc(Br)cn1C.I. The summed E-state index contributed by atoms with van der Waals surface area (Å²) in [6.07, 6.45) is 4.57. The van der Waals surface area contributed by atoms with E-state index in [2.05, 4.69) is 80.9 Å². The van der Waals surface area contributed by atoms with Gasteiger partial charge in [0.05, 0.1) is 6.54 Å². The number of nitrogens with one attached hydrogen (secondary N) is 1. The van der Waals surface area contributed by atoms with E-state index in [4.69, 9.17) is 0 Å². The standard InChI is InChI=1S/C16H30BrN5.HI/c1-6-7-9-20(3)10-8-19-16(18-2)22(5)13-15-11-14(17)12-21(15)4;/h11-12H,6-10,13H2,1-5H3,(H,18,19);1H. The fourth-order valence-electron chi connectivity index (χ4n) is 2.32. The van der Waals surface area contributed by atoms with Gasteiger partial charge in [0.2, 0.25) is 0 Å². The van der Waals surface area contributed by atoms with E-state index < -0.39 is 0 Å². The molecule has 1 heterocycles. The third kappa shape index (κ3) is 8.39. The summed E-state index contributed by atoms with van der Waals surface area (Å²) in [6.45, 7) is 6.15. The fourth-order valence-corrected chi connectivity index (χ4v) is 2.90. The number of hydrogen-bond acceptors (Lipinski definition) is 2. The molecular weight excluding hydrogens is 469 g/mol. The largest absolute Gasteiger partial charge is 0.355 e. The number of halogens is 2. The van der Waals surface area contributed by atoms with Gasteiger partial charge in [-0.2, -0.15) is 0 Å². The Morgan fingerprint density at radius 1 is 1.35 bits per heavy atom. The number of nitrogens with zero attached hydrogens (tertiary/aromatic N) is 4. The lowest BCUT2D eigenvalue weighted by Crippen LogP contribution is -2.42. The summed E-state index contributed by atoms with van der Waals surface area (Å²) >= 11 is 3.51. The Bertz CT molecular complexity index is 475. The van der Waals surface area contributed by atoms with E-state index in [9.17, 15) is 0 Å². The van der Waals surface area contributed by atoms with E-state index in [-0.39, 0.29) is 24.0 Å². The zero-order valence-electron chi connectivity index (χ0n) is 15.0. The van der Waals surface area contributed by atoms with Gasteiger partial charge in [-0.25, -0.2) is 0 Å². The molecule has 0 fully saturated rings. The van der Waals surface area contributed by atoms with Gasteiger partial charge in [-0.15, -0.1) is 24.0 Å². The molecule has 5 nitrogen and oxygen atoms in total. The van der Waals surface area contributed by atoms with Crippen LogP contribution < -0.4 is 5.32 Å². The van der Waals surface area contributed by atoms with Gasteiger partial charge in [-0.1, -0.05) is 13.3 Å². The minimum Gasteiger partial charge on any atom is -0.355 e. The summed E-state index contributed by atoms with van der Waals surface area (Å²) in [5.74, 6) is 0.932. The Morgan fingerprint density at radius 3 is 2.57 bits per heavy atom. The summed E-state index contributed by atoms with van der Waals surface area (Å²) in [4.78, 5) is 8.88. The van der Waals surface area contributed by atoms with Crippen LogP contribution in [0.5, 0.6) is 0 Å². The van der Waals surface area contributed by atoms with Gasteiger partial charge in [-0.3, -0.25) is 4.99 Å². The molecule has 1 rings (SSSR count). The van der Waals surface area contributed by atoms with Crippen LogP contribution in [0.2, 0.25) is 0 Å². The highest BCUT2D eigenvalue weighted by molar-refractivity contribution is 14.0. The Morgan fingerprint density at radius 2 is 2.04 bits per heavy atom. The van der Waals surface area contributed by atoms with Crippen molar-refractivity contribution in [1.29, 1.82) is 0 Å². The number of hydrogen-bond donors (Lipinski definition) is 1. The van der Waals surface area contributed by atoms with Crippen LogP contribution in [0, 0.1) is 0 Å². The normalized spacial score (nSPS) is 11.5. The van der Waals surface area contributed by atoms with Crippen molar-refractivity contribution in [2.45, 2.75) is 26.3 Å². The summed E-state index contributed by atoms with van der Waals surface area (Å²) in [7, 11) is 8.13. The second kappa shape index (κ2) is 12.1. The molecule has 1 aromatic heterocycles. The van der Waals surface area contributed by atoms with Crippen LogP contribution in [0.1, 0.15) is 25.5 Å². The maximum Gasteiger partial charge on any atom is 0.193 e. The molecule has 0 bridgehead atoms. The van der Waals surface area contributed by atoms with Crippen LogP contribution in [-0.4, -0.2) is 61.1 Å². The fraction of sp³-hybridized carbons (Fsp3) is 0.688. The van der Waals surface area contributed by atoms with Gasteiger partial charge in [0.15, 0.2) is 5.96 Å². The van der Waals surface area contributed by atoms with E-state index in [0.29, 0.717) is 0 Å². The van der Waals surface area contributed by atoms with E-state index in [1.165, 1.54) is 18.5 Å². The minimum absolute atomic E-state index is 0. The van der Waals surface area contributed by atoms with E-state index in [1.807, 2.05) is 7.05 Å². The highest BCUT2D eigenvalue weighted by atomic mass is 127. The third-order valence-corrected chi connectivity index (χ3v) is 4.15. The van der Waals surface area contributed by atoms with Gasteiger partial charge in [0, 0.05) is 50.6 Å². The van der Waals surface area contributed by atoms with E-state index in [0.717, 1.165) is 36.6 Å². The molecule has 0 atom stereocenters. The van der Waals surface area contributed by atoms with Crippen LogP contribution in [0.4, 0.5) is 0 Å². The van der Waals surface area contributed by atoms with Crippen molar-refractivity contribution in [3.63, 3.8) is 0 Å². The Kier molecular flexibility index (Phi) is 12.0. The first-order valence-corrected chi connectivity index (χ1v) is 8.68. The van der Waals surface area contributed by atoms with Gasteiger partial charge in [0.25, 0.3) is 0 Å². The number of aromatic nitrogens is 1. The first kappa shape index (κ1) is 22.7. The monoisotopic (exact) mass is 499 g/mol. The van der Waals surface area contributed by atoms with E-state index >= 15 is 0 Å². The Balaban J connectivity index is 0.00000484. The number of rotatable bonds is 8. The molecule has 0 aliphatic rings. The van der Waals surface area contributed by atoms with Crippen LogP contribution in [0.3, 0.4) is 0 Å². The molecule has 0 amide bonds. The predicted octanol–water partition coefficient (Wildman–Crippen LogP) is 3.14. The lowest BCUT2D eigenvalue weighted by atomic mass is 10.3. The third-order valence-electron chi connectivity index (χ3n) is 3.72. The first-order chi connectivity index (χ1) is 10.5. The van der Waals surface area contributed by atoms with Crippen LogP contribution in [-0.2, 0) is 13.6 Å². The molecule has 0 unspecified atom stereocenters. The van der Waals surface area contributed by atoms with Crippen LogP contribution in [0.15, 0.2) is 21.7 Å². The van der Waals surface area contributed by atoms with Gasteiger partial charge >= 0.3 is 0 Å². The highest BCUT2D eigenvalue weighted by Gasteiger charge is 2.09. The molecule has 0 spiro atoms. The molecule has 1 aromatic rings. The van der Waals surface area contributed by atoms with Crippen molar-refractivity contribution in [2.75, 3.05) is 40.8 Å². The van der Waals surface area contributed by atoms with Crippen molar-refractivity contribution in [3.8, 4) is 0 Å². The summed E-state index contributed by atoms with van der Waals surface area (Å²) in [5.41, 5.74) is 1.25. The van der Waals surface area contributed by atoms with Gasteiger partial charge in [-0.05, 0) is 42.0 Å². The molecule has 7 heteroatoms. The van der Waals surface area contributed by atoms with Crippen molar-refractivity contribution in [2.24, 2.45) is 12.0 Å². The van der Waals surface area contributed by atoms with Crippen molar-refractivity contribution in [1.82, 2.24) is 19.7 Å².